The molecule has 5 rings (SSSR count). The summed E-state index contributed by atoms with van der Waals surface area (Å²) in [5.41, 5.74) is 2.28. The highest BCUT2D eigenvalue weighted by Crippen LogP contribution is 2.18. The molecular formula is C21H20N8O. The van der Waals surface area contributed by atoms with Crippen molar-refractivity contribution in [3.63, 3.8) is 0 Å². The molecule has 3 heterocycles. The van der Waals surface area contributed by atoms with Crippen LogP contribution in [0.15, 0.2) is 72.9 Å². The Morgan fingerprint density at radius 1 is 0.800 bits per heavy atom. The van der Waals surface area contributed by atoms with E-state index in [0.29, 0.717) is 37.8 Å². The lowest BCUT2D eigenvalue weighted by molar-refractivity contribution is 0.0739. The summed E-state index contributed by atoms with van der Waals surface area (Å²) in [6.45, 7) is 2.47. The van der Waals surface area contributed by atoms with Gasteiger partial charge in [-0.3, -0.25) is 4.79 Å². The lowest BCUT2D eigenvalue weighted by Crippen LogP contribution is -2.49. The Morgan fingerprint density at radius 2 is 1.47 bits per heavy atom. The Labute approximate surface area is 173 Å². The highest BCUT2D eigenvalue weighted by Gasteiger charge is 2.26. The highest BCUT2D eigenvalue weighted by atomic mass is 16.2. The van der Waals surface area contributed by atoms with Crippen LogP contribution in [0, 0.1) is 0 Å². The van der Waals surface area contributed by atoms with E-state index in [4.69, 9.17) is 0 Å². The van der Waals surface area contributed by atoms with Crippen molar-refractivity contribution < 1.29 is 4.79 Å². The van der Waals surface area contributed by atoms with E-state index in [-0.39, 0.29) is 5.91 Å². The fraction of sp³-hybridized carbons (Fsp3) is 0.190. The van der Waals surface area contributed by atoms with Gasteiger partial charge in [-0.1, -0.05) is 41.5 Å². The number of amides is 1. The number of tetrazole rings is 1. The molecule has 2 aromatic carbocycles. The quantitative estimate of drug-likeness (QED) is 0.519. The van der Waals surface area contributed by atoms with Gasteiger partial charge in [-0.05, 0) is 40.8 Å². The van der Waals surface area contributed by atoms with E-state index < -0.39 is 0 Å². The van der Waals surface area contributed by atoms with Crippen LogP contribution in [0.2, 0.25) is 0 Å². The van der Waals surface area contributed by atoms with Crippen LogP contribution >= 0.6 is 0 Å². The van der Waals surface area contributed by atoms with Gasteiger partial charge in [-0.15, -0.1) is 0 Å². The van der Waals surface area contributed by atoms with Crippen molar-refractivity contribution >= 4 is 11.9 Å². The number of hydrogen-bond donors (Lipinski definition) is 0. The SMILES string of the molecule is O=C(c1ccn(-c2ccccc2)n1)N1CCN(c2nnnn2-c2ccccc2)CC1. The molecule has 150 valence electrons. The van der Waals surface area contributed by atoms with E-state index in [1.165, 1.54) is 0 Å². The number of carbonyl (C=O) groups excluding carboxylic acids is 1. The Hall–Kier alpha value is -4.01. The van der Waals surface area contributed by atoms with Gasteiger partial charge in [0.25, 0.3) is 5.91 Å². The van der Waals surface area contributed by atoms with Crippen molar-refractivity contribution in [3.8, 4) is 11.4 Å². The van der Waals surface area contributed by atoms with Gasteiger partial charge in [0.05, 0.1) is 11.4 Å². The molecule has 9 nitrogen and oxygen atoms in total. The van der Waals surface area contributed by atoms with E-state index in [2.05, 4.69) is 25.5 Å². The van der Waals surface area contributed by atoms with Crippen LogP contribution in [-0.2, 0) is 0 Å². The minimum Gasteiger partial charge on any atom is -0.336 e. The standard InChI is InChI=1S/C21H20N8O/c30-20(19-11-12-28(23-19)17-7-3-1-4-8-17)26-13-15-27(16-14-26)21-22-24-25-29(21)18-9-5-2-6-10-18/h1-12H,13-16H2. The molecule has 1 fully saturated rings. The number of carbonyl (C=O) groups is 1. The van der Waals surface area contributed by atoms with Crippen molar-refractivity contribution in [2.24, 2.45) is 0 Å². The summed E-state index contributed by atoms with van der Waals surface area (Å²) in [6.07, 6.45) is 1.81. The first-order valence-corrected chi connectivity index (χ1v) is 9.79. The monoisotopic (exact) mass is 400 g/mol. The zero-order valence-corrected chi connectivity index (χ0v) is 16.2. The van der Waals surface area contributed by atoms with Crippen LogP contribution in [0.3, 0.4) is 0 Å². The maximum atomic E-state index is 12.9. The first-order valence-electron chi connectivity index (χ1n) is 9.79. The molecule has 0 spiro atoms. The predicted molar refractivity (Wildman–Crippen MR) is 111 cm³/mol. The molecule has 0 radical (unpaired) electrons. The number of piperazine rings is 1. The van der Waals surface area contributed by atoms with Gasteiger partial charge in [-0.25, -0.2) is 4.68 Å². The number of hydrogen-bond acceptors (Lipinski definition) is 6. The second-order valence-corrected chi connectivity index (χ2v) is 6.99. The number of benzene rings is 2. The van der Waals surface area contributed by atoms with Crippen LogP contribution in [0.25, 0.3) is 11.4 Å². The third-order valence-electron chi connectivity index (χ3n) is 5.13. The second kappa shape index (κ2) is 7.78. The number of rotatable bonds is 4. The summed E-state index contributed by atoms with van der Waals surface area (Å²) < 4.78 is 3.44. The topological polar surface area (TPSA) is 85.0 Å². The molecule has 2 aromatic heterocycles. The molecule has 1 aliphatic heterocycles. The fourth-order valence-electron chi connectivity index (χ4n) is 3.55. The third kappa shape index (κ3) is 3.41. The van der Waals surface area contributed by atoms with Crippen LogP contribution < -0.4 is 4.90 Å². The van der Waals surface area contributed by atoms with E-state index in [9.17, 15) is 4.79 Å². The van der Waals surface area contributed by atoms with E-state index in [0.717, 1.165) is 11.4 Å². The van der Waals surface area contributed by atoms with Crippen LogP contribution in [-0.4, -0.2) is 67.0 Å². The molecule has 0 unspecified atom stereocenters. The first-order chi connectivity index (χ1) is 14.8. The number of aromatic nitrogens is 6. The van der Waals surface area contributed by atoms with Crippen molar-refractivity contribution in [3.05, 3.63) is 78.6 Å². The zero-order valence-electron chi connectivity index (χ0n) is 16.2. The molecule has 1 amide bonds. The molecule has 0 bridgehead atoms. The minimum atomic E-state index is -0.0630. The smallest absolute Gasteiger partial charge is 0.274 e. The van der Waals surface area contributed by atoms with Crippen molar-refractivity contribution in [2.75, 3.05) is 31.1 Å². The molecule has 0 atom stereocenters. The lowest BCUT2D eigenvalue weighted by atomic mass is 10.3. The van der Waals surface area contributed by atoms with Crippen LogP contribution in [0.1, 0.15) is 10.5 Å². The molecule has 4 aromatic rings. The summed E-state index contributed by atoms with van der Waals surface area (Å²) in [4.78, 5) is 16.8. The summed E-state index contributed by atoms with van der Waals surface area (Å²) in [7, 11) is 0. The van der Waals surface area contributed by atoms with Crippen LogP contribution in [0.4, 0.5) is 5.95 Å². The molecule has 0 saturated carbocycles. The van der Waals surface area contributed by atoms with Gasteiger partial charge in [0.15, 0.2) is 5.69 Å². The highest BCUT2D eigenvalue weighted by molar-refractivity contribution is 5.92. The molecule has 1 aliphatic rings. The first kappa shape index (κ1) is 18.0. The molecule has 9 heteroatoms. The molecule has 30 heavy (non-hydrogen) atoms. The third-order valence-corrected chi connectivity index (χ3v) is 5.13. The Bertz CT molecular complexity index is 1130. The summed E-state index contributed by atoms with van der Waals surface area (Å²) >= 11 is 0. The van der Waals surface area contributed by atoms with Gasteiger partial charge in [0.1, 0.15) is 0 Å². The van der Waals surface area contributed by atoms with Crippen molar-refractivity contribution in [2.45, 2.75) is 0 Å². The molecule has 1 saturated heterocycles. The van der Waals surface area contributed by atoms with Gasteiger partial charge in [0.2, 0.25) is 5.95 Å². The Balaban J connectivity index is 1.27. The average Bonchev–Trinajstić information content (AvgIpc) is 3.50. The average molecular weight is 400 g/mol. The largest absolute Gasteiger partial charge is 0.336 e. The molecular weight excluding hydrogens is 380 g/mol. The normalized spacial score (nSPS) is 14.1. The maximum Gasteiger partial charge on any atom is 0.274 e. The number of anilines is 1. The van der Waals surface area contributed by atoms with Gasteiger partial charge in [-0.2, -0.15) is 9.78 Å². The summed E-state index contributed by atoms with van der Waals surface area (Å²) in [5.74, 6) is 0.619. The van der Waals surface area contributed by atoms with E-state index in [1.807, 2.05) is 71.8 Å². The van der Waals surface area contributed by atoms with E-state index in [1.54, 1.807) is 15.4 Å². The van der Waals surface area contributed by atoms with Gasteiger partial charge in [0, 0.05) is 32.4 Å². The van der Waals surface area contributed by atoms with Crippen molar-refractivity contribution in [1.82, 2.24) is 34.9 Å². The molecule has 0 aliphatic carbocycles. The summed E-state index contributed by atoms with van der Waals surface area (Å²) in [6, 6.07) is 21.3. The number of nitrogens with zero attached hydrogens (tertiary/aromatic N) is 8. The van der Waals surface area contributed by atoms with Gasteiger partial charge < -0.3 is 9.80 Å². The van der Waals surface area contributed by atoms with E-state index >= 15 is 0 Å². The van der Waals surface area contributed by atoms with Crippen molar-refractivity contribution in [1.29, 1.82) is 0 Å². The Kier molecular flexibility index (Phi) is 4.68. The maximum absolute atomic E-state index is 12.9. The number of para-hydroxylation sites is 2. The van der Waals surface area contributed by atoms with Crippen LogP contribution in [0.5, 0.6) is 0 Å². The molecule has 0 N–H and O–H groups in total. The minimum absolute atomic E-state index is 0.0630. The lowest BCUT2D eigenvalue weighted by Gasteiger charge is -2.34. The Morgan fingerprint density at radius 3 is 2.17 bits per heavy atom. The van der Waals surface area contributed by atoms with Gasteiger partial charge >= 0.3 is 0 Å². The zero-order chi connectivity index (χ0) is 20.3. The fourth-order valence-corrected chi connectivity index (χ4v) is 3.55. The second-order valence-electron chi connectivity index (χ2n) is 6.99. The summed E-state index contributed by atoms with van der Waals surface area (Å²) in [5, 5.41) is 16.6. The predicted octanol–water partition coefficient (Wildman–Crippen LogP) is 1.81.